The second-order valence-corrected chi connectivity index (χ2v) is 5.12. The van der Waals surface area contributed by atoms with Gasteiger partial charge < -0.3 is 15.2 Å². The van der Waals surface area contributed by atoms with Crippen molar-refractivity contribution in [3.05, 3.63) is 27.7 Å². The molecule has 0 saturated heterocycles. The fraction of sp³-hybridized carbons (Fsp3) is 0.462. The van der Waals surface area contributed by atoms with Gasteiger partial charge in [-0.15, -0.1) is 0 Å². The molecule has 0 radical (unpaired) electrons. The summed E-state index contributed by atoms with van der Waals surface area (Å²) < 4.78 is 1.14. The van der Waals surface area contributed by atoms with Crippen molar-refractivity contribution >= 4 is 27.9 Å². The van der Waals surface area contributed by atoms with E-state index < -0.39 is 0 Å². The van der Waals surface area contributed by atoms with Gasteiger partial charge in [0.05, 0.1) is 5.54 Å². The van der Waals surface area contributed by atoms with Crippen LogP contribution >= 0.6 is 15.9 Å². The molecule has 0 bridgehead atoms. The molecule has 3 nitrogen and oxygen atoms in total. The summed E-state index contributed by atoms with van der Waals surface area (Å²) in [6.07, 6.45) is 2.93. The quantitative estimate of drug-likeness (QED) is 0.844. The molecule has 1 aromatic rings. The van der Waals surface area contributed by atoms with E-state index in [1.54, 1.807) is 0 Å². The number of carbonyl (C=O) groups excluding carboxylic acids is 1. The van der Waals surface area contributed by atoms with Crippen LogP contribution in [0.25, 0.3) is 0 Å². The summed E-state index contributed by atoms with van der Waals surface area (Å²) in [4.78, 5) is 10.9. The SMILES string of the molecule is CO.Cc1cc(NC2(C=O)CC2)cc(C)c1Br. The Balaban J connectivity index is 0.000000686. The molecule has 94 valence electrons. The van der Waals surface area contributed by atoms with Crippen molar-refractivity contribution in [3.8, 4) is 0 Å². The van der Waals surface area contributed by atoms with E-state index in [2.05, 4.69) is 47.2 Å². The summed E-state index contributed by atoms with van der Waals surface area (Å²) in [5, 5.41) is 10.3. The highest BCUT2D eigenvalue weighted by Crippen LogP contribution is 2.37. The predicted molar refractivity (Wildman–Crippen MR) is 73.4 cm³/mol. The molecule has 0 aliphatic heterocycles. The molecule has 2 rings (SSSR count). The number of benzene rings is 1. The van der Waals surface area contributed by atoms with Gasteiger partial charge in [-0.1, -0.05) is 15.9 Å². The molecule has 1 aliphatic rings. The largest absolute Gasteiger partial charge is 0.400 e. The number of carbonyl (C=O) groups is 1. The minimum Gasteiger partial charge on any atom is -0.400 e. The topological polar surface area (TPSA) is 49.3 Å². The van der Waals surface area contributed by atoms with Crippen molar-refractivity contribution in [2.45, 2.75) is 32.2 Å². The van der Waals surface area contributed by atoms with Crippen LogP contribution in [0.1, 0.15) is 24.0 Å². The standard InChI is InChI=1S/C12H14BrNO.CH4O/c1-8-5-10(6-9(2)11(8)13)14-12(7-15)3-4-12;1-2/h5-7,14H,3-4H2,1-2H3;2H,1H3. The van der Waals surface area contributed by atoms with Gasteiger partial charge in [0.2, 0.25) is 0 Å². The molecule has 2 N–H and O–H groups in total. The number of anilines is 1. The first-order chi connectivity index (χ1) is 8.06. The minimum atomic E-state index is -0.271. The molecule has 0 spiro atoms. The maximum atomic E-state index is 10.9. The number of nitrogens with one attached hydrogen (secondary N) is 1. The van der Waals surface area contributed by atoms with Crippen LogP contribution in [-0.2, 0) is 4.79 Å². The van der Waals surface area contributed by atoms with Gasteiger partial charge in [-0.05, 0) is 49.9 Å². The predicted octanol–water partition coefficient (Wildman–Crippen LogP) is 2.82. The van der Waals surface area contributed by atoms with Crippen molar-refractivity contribution in [1.82, 2.24) is 0 Å². The molecule has 0 heterocycles. The third kappa shape index (κ3) is 3.30. The maximum absolute atomic E-state index is 10.9. The second kappa shape index (κ2) is 5.65. The van der Waals surface area contributed by atoms with Gasteiger partial charge in [-0.2, -0.15) is 0 Å². The average Bonchev–Trinajstić information content (AvgIpc) is 3.09. The molecule has 0 unspecified atom stereocenters. The fourth-order valence-electron chi connectivity index (χ4n) is 1.71. The first kappa shape index (κ1) is 14.2. The van der Waals surface area contributed by atoms with E-state index in [0.717, 1.165) is 36.4 Å². The van der Waals surface area contributed by atoms with Crippen LogP contribution in [0.15, 0.2) is 16.6 Å². The lowest BCUT2D eigenvalue weighted by Gasteiger charge is -2.14. The second-order valence-electron chi connectivity index (χ2n) is 4.32. The monoisotopic (exact) mass is 299 g/mol. The summed E-state index contributed by atoms with van der Waals surface area (Å²) in [6.45, 7) is 4.12. The van der Waals surface area contributed by atoms with Crippen LogP contribution < -0.4 is 5.32 Å². The Morgan fingerprint density at radius 3 is 2.12 bits per heavy atom. The van der Waals surface area contributed by atoms with E-state index in [1.165, 1.54) is 11.1 Å². The normalized spacial score (nSPS) is 15.6. The maximum Gasteiger partial charge on any atom is 0.145 e. The lowest BCUT2D eigenvalue weighted by Crippen LogP contribution is -2.22. The molecule has 1 fully saturated rings. The summed E-state index contributed by atoms with van der Waals surface area (Å²) in [5.74, 6) is 0. The van der Waals surface area contributed by atoms with Crippen molar-refractivity contribution in [2.75, 3.05) is 12.4 Å². The number of aryl methyl sites for hydroxylation is 2. The smallest absolute Gasteiger partial charge is 0.145 e. The van der Waals surface area contributed by atoms with Crippen LogP contribution in [0.3, 0.4) is 0 Å². The van der Waals surface area contributed by atoms with Crippen molar-refractivity contribution in [2.24, 2.45) is 0 Å². The van der Waals surface area contributed by atoms with Crippen molar-refractivity contribution < 1.29 is 9.90 Å². The highest BCUT2D eigenvalue weighted by atomic mass is 79.9. The first-order valence-corrected chi connectivity index (χ1v) is 6.32. The molecular weight excluding hydrogens is 282 g/mol. The van der Waals surface area contributed by atoms with Gasteiger partial charge in [0, 0.05) is 17.3 Å². The van der Waals surface area contributed by atoms with Crippen LogP contribution in [0.5, 0.6) is 0 Å². The Bertz CT molecular complexity index is 391. The Morgan fingerprint density at radius 2 is 1.76 bits per heavy atom. The molecule has 17 heavy (non-hydrogen) atoms. The van der Waals surface area contributed by atoms with Crippen molar-refractivity contribution in [3.63, 3.8) is 0 Å². The van der Waals surface area contributed by atoms with E-state index in [9.17, 15) is 4.79 Å². The zero-order valence-electron chi connectivity index (χ0n) is 10.4. The summed E-state index contributed by atoms with van der Waals surface area (Å²) in [5.41, 5.74) is 3.16. The average molecular weight is 300 g/mol. The molecule has 1 saturated carbocycles. The van der Waals surface area contributed by atoms with Crippen LogP contribution in [0, 0.1) is 13.8 Å². The van der Waals surface area contributed by atoms with E-state index in [1.807, 2.05) is 0 Å². The number of hydrogen-bond donors (Lipinski definition) is 2. The van der Waals surface area contributed by atoms with Gasteiger partial charge in [0.25, 0.3) is 0 Å². The van der Waals surface area contributed by atoms with Crippen LogP contribution in [0.2, 0.25) is 0 Å². The molecule has 1 aromatic carbocycles. The number of rotatable bonds is 3. The third-order valence-electron chi connectivity index (χ3n) is 2.84. The Kier molecular flexibility index (Phi) is 4.71. The van der Waals surface area contributed by atoms with E-state index in [-0.39, 0.29) is 5.54 Å². The van der Waals surface area contributed by atoms with Crippen LogP contribution in [-0.4, -0.2) is 24.0 Å². The zero-order valence-corrected chi connectivity index (χ0v) is 12.0. The summed E-state index contributed by atoms with van der Waals surface area (Å²) in [6, 6.07) is 4.14. The van der Waals surface area contributed by atoms with Gasteiger partial charge in [0.15, 0.2) is 0 Å². The molecule has 0 atom stereocenters. The molecule has 4 heteroatoms. The van der Waals surface area contributed by atoms with Crippen LogP contribution in [0.4, 0.5) is 5.69 Å². The summed E-state index contributed by atoms with van der Waals surface area (Å²) in [7, 11) is 1.00. The van der Waals surface area contributed by atoms with Gasteiger partial charge >= 0.3 is 0 Å². The number of aliphatic hydroxyl groups is 1. The molecular formula is C13H18BrNO2. The van der Waals surface area contributed by atoms with Gasteiger partial charge in [-0.3, -0.25) is 0 Å². The Labute approximate surface area is 110 Å². The zero-order chi connectivity index (χ0) is 13.1. The number of halogens is 1. The van der Waals surface area contributed by atoms with E-state index >= 15 is 0 Å². The fourth-order valence-corrected chi connectivity index (χ4v) is 1.94. The number of hydrogen-bond acceptors (Lipinski definition) is 3. The lowest BCUT2D eigenvalue weighted by molar-refractivity contribution is -0.109. The Hall–Kier alpha value is -0.870. The minimum absolute atomic E-state index is 0.271. The van der Waals surface area contributed by atoms with Crippen molar-refractivity contribution in [1.29, 1.82) is 0 Å². The van der Waals surface area contributed by atoms with Gasteiger partial charge in [0.1, 0.15) is 6.29 Å². The number of aldehydes is 1. The van der Waals surface area contributed by atoms with Gasteiger partial charge in [-0.25, -0.2) is 0 Å². The third-order valence-corrected chi connectivity index (χ3v) is 4.09. The lowest BCUT2D eigenvalue weighted by atomic mass is 10.1. The molecule has 1 aliphatic carbocycles. The van der Waals surface area contributed by atoms with E-state index in [4.69, 9.17) is 5.11 Å². The Morgan fingerprint density at radius 1 is 1.29 bits per heavy atom. The molecule has 0 aromatic heterocycles. The summed E-state index contributed by atoms with van der Waals surface area (Å²) >= 11 is 3.53. The first-order valence-electron chi connectivity index (χ1n) is 5.52. The van der Waals surface area contributed by atoms with E-state index in [0.29, 0.717) is 0 Å². The highest BCUT2D eigenvalue weighted by Gasteiger charge is 2.42. The highest BCUT2D eigenvalue weighted by molar-refractivity contribution is 9.10. The number of aliphatic hydroxyl groups excluding tert-OH is 1. The molecule has 0 amide bonds.